The van der Waals surface area contributed by atoms with Gasteiger partial charge in [-0.05, 0) is 32.4 Å². The number of likely N-dealkylation sites (N-methyl/N-ethyl adjacent to an activating group) is 1. The molecule has 6 nitrogen and oxygen atoms in total. The lowest BCUT2D eigenvalue weighted by Crippen LogP contribution is -2.51. The van der Waals surface area contributed by atoms with Crippen LogP contribution in [0.3, 0.4) is 0 Å². The number of hydrogen-bond donors (Lipinski definition) is 3. The van der Waals surface area contributed by atoms with Gasteiger partial charge in [-0.2, -0.15) is 0 Å². The van der Waals surface area contributed by atoms with Crippen LogP contribution >= 0.6 is 0 Å². The smallest absolute Gasteiger partial charge is 0.326 e. The van der Waals surface area contributed by atoms with Gasteiger partial charge in [-0.25, -0.2) is 9.59 Å². The molecule has 0 aliphatic carbocycles. The second-order valence-electron chi connectivity index (χ2n) is 5.53. The number of carboxylic acids is 1. The Kier molecular flexibility index (Phi) is 8.96. The van der Waals surface area contributed by atoms with E-state index >= 15 is 0 Å². The molecule has 2 amide bonds. The molecule has 0 aromatic rings. The van der Waals surface area contributed by atoms with Crippen molar-refractivity contribution in [1.82, 2.24) is 15.5 Å². The van der Waals surface area contributed by atoms with Crippen molar-refractivity contribution in [3.8, 4) is 0 Å². The summed E-state index contributed by atoms with van der Waals surface area (Å²) >= 11 is 0. The summed E-state index contributed by atoms with van der Waals surface area (Å²) in [6, 6.07) is -1.28. The molecule has 0 aromatic carbocycles. The van der Waals surface area contributed by atoms with Gasteiger partial charge in [0.25, 0.3) is 0 Å². The summed E-state index contributed by atoms with van der Waals surface area (Å²) in [6.07, 6.45) is 0.424. The van der Waals surface area contributed by atoms with E-state index in [1.165, 1.54) is 0 Å². The molecule has 0 saturated carbocycles. The maximum atomic E-state index is 11.8. The summed E-state index contributed by atoms with van der Waals surface area (Å²) in [7, 11) is 0. The van der Waals surface area contributed by atoms with E-state index in [1.54, 1.807) is 0 Å². The zero-order valence-electron chi connectivity index (χ0n) is 13.3. The summed E-state index contributed by atoms with van der Waals surface area (Å²) < 4.78 is 0. The Labute approximate surface area is 121 Å². The SMILES string of the molecule is CCN(CC)CC(C)NC(=O)N[C@@H](CC(C)C)C(=O)O. The van der Waals surface area contributed by atoms with E-state index in [2.05, 4.69) is 29.4 Å². The minimum absolute atomic E-state index is 0.0246. The van der Waals surface area contributed by atoms with Crippen LogP contribution in [0.25, 0.3) is 0 Å². The van der Waals surface area contributed by atoms with E-state index in [1.807, 2.05) is 20.8 Å². The molecule has 0 aromatic heterocycles. The number of rotatable bonds is 9. The van der Waals surface area contributed by atoms with Crippen LogP contribution in [0.4, 0.5) is 4.79 Å². The van der Waals surface area contributed by atoms with E-state index in [4.69, 9.17) is 5.11 Å². The maximum Gasteiger partial charge on any atom is 0.326 e. The topological polar surface area (TPSA) is 81.7 Å². The average molecular weight is 287 g/mol. The van der Waals surface area contributed by atoms with Crippen LogP contribution in [0, 0.1) is 5.92 Å². The van der Waals surface area contributed by atoms with Gasteiger partial charge in [-0.1, -0.05) is 27.7 Å². The van der Waals surface area contributed by atoms with Crippen molar-refractivity contribution >= 4 is 12.0 Å². The van der Waals surface area contributed by atoms with Gasteiger partial charge in [0, 0.05) is 12.6 Å². The Hall–Kier alpha value is -1.30. The Morgan fingerprint density at radius 1 is 1.10 bits per heavy atom. The summed E-state index contributed by atoms with van der Waals surface area (Å²) in [5.41, 5.74) is 0. The Morgan fingerprint density at radius 2 is 1.65 bits per heavy atom. The fourth-order valence-corrected chi connectivity index (χ4v) is 2.03. The first-order chi connectivity index (χ1) is 9.29. The summed E-state index contributed by atoms with van der Waals surface area (Å²) in [6.45, 7) is 12.5. The van der Waals surface area contributed by atoms with E-state index < -0.39 is 18.0 Å². The van der Waals surface area contributed by atoms with Crippen molar-refractivity contribution in [3.63, 3.8) is 0 Å². The highest BCUT2D eigenvalue weighted by molar-refractivity contribution is 5.82. The number of hydrogen-bond acceptors (Lipinski definition) is 3. The fraction of sp³-hybridized carbons (Fsp3) is 0.857. The molecule has 118 valence electrons. The Balaban J connectivity index is 4.27. The third-order valence-corrected chi connectivity index (χ3v) is 3.11. The van der Waals surface area contributed by atoms with Crippen molar-refractivity contribution in [2.75, 3.05) is 19.6 Å². The van der Waals surface area contributed by atoms with E-state index in [-0.39, 0.29) is 12.0 Å². The van der Waals surface area contributed by atoms with Crippen LogP contribution in [0.1, 0.15) is 41.0 Å². The molecule has 1 unspecified atom stereocenters. The Morgan fingerprint density at radius 3 is 2.05 bits per heavy atom. The lowest BCUT2D eigenvalue weighted by atomic mass is 10.0. The number of amides is 2. The van der Waals surface area contributed by atoms with Gasteiger partial charge in [-0.3, -0.25) is 0 Å². The molecule has 3 N–H and O–H groups in total. The molecule has 0 fully saturated rings. The monoisotopic (exact) mass is 287 g/mol. The molecular formula is C14H29N3O3. The maximum absolute atomic E-state index is 11.8. The predicted octanol–water partition coefficient (Wildman–Crippen LogP) is 1.52. The standard InChI is InChI=1S/C14H29N3O3/c1-6-17(7-2)9-11(5)15-14(20)16-12(13(18)19)8-10(3)4/h10-12H,6-9H2,1-5H3,(H,18,19)(H2,15,16,20)/t11?,12-/m0/s1. The minimum atomic E-state index is -0.995. The lowest BCUT2D eigenvalue weighted by molar-refractivity contribution is -0.139. The largest absolute Gasteiger partial charge is 0.480 e. The van der Waals surface area contributed by atoms with Crippen molar-refractivity contribution in [1.29, 1.82) is 0 Å². The van der Waals surface area contributed by atoms with Gasteiger partial charge >= 0.3 is 12.0 Å². The molecule has 0 bridgehead atoms. The normalized spacial score (nSPS) is 14.2. The quantitative estimate of drug-likeness (QED) is 0.600. The highest BCUT2D eigenvalue weighted by Gasteiger charge is 2.21. The van der Waals surface area contributed by atoms with Crippen molar-refractivity contribution < 1.29 is 14.7 Å². The van der Waals surface area contributed by atoms with Gasteiger partial charge < -0.3 is 20.6 Å². The molecule has 6 heteroatoms. The third kappa shape index (κ3) is 7.99. The van der Waals surface area contributed by atoms with Gasteiger partial charge in [0.05, 0.1) is 0 Å². The van der Waals surface area contributed by atoms with Crippen LogP contribution in [0.2, 0.25) is 0 Å². The first-order valence-electron chi connectivity index (χ1n) is 7.32. The van der Waals surface area contributed by atoms with Crippen LogP contribution in [0.5, 0.6) is 0 Å². The molecule has 20 heavy (non-hydrogen) atoms. The molecule has 0 heterocycles. The second kappa shape index (κ2) is 9.58. The number of carboxylic acid groups (broad SMARTS) is 1. The van der Waals surface area contributed by atoms with Crippen molar-refractivity contribution in [2.24, 2.45) is 5.92 Å². The molecule has 0 rings (SSSR count). The molecular weight excluding hydrogens is 258 g/mol. The molecule has 0 radical (unpaired) electrons. The van der Waals surface area contributed by atoms with Crippen molar-refractivity contribution in [2.45, 2.75) is 53.1 Å². The molecule has 2 atom stereocenters. The van der Waals surface area contributed by atoms with Crippen LogP contribution in [-0.4, -0.2) is 53.7 Å². The van der Waals surface area contributed by atoms with Crippen LogP contribution in [-0.2, 0) is 4.79 Å². The molecule has 0 aliphatic heterocycles. The third-order valence-electron chi connectivity index (χ3n) is 3.11. The molecule has 0 saturated heterocycles. The average Bonchev–Trinajstić information content (AvgIpc) is 2.34. The van der Waals surface area contributed by atoms with Gasteiger partial charge in [0.15, 0.2) is 0 Å². The van der Waals surface area contributed by atoms with Crippen molar-refractivity contribution in [3.05, 3.63) is 0 Å². The van der Waals surface area contributed by atoms with E-state index in [9.17, 15) is 9.59 Å². The summed E-state index contributed by atoms with van der Waals surface area (Å²) in [4.78, 5) is 25.1. The molecule has 0 spiro atoms. The number of aliphatic carboxylic acids is 1. The zero-order chi connectivity index (χ0) is 15.7. The lowest BCUT2D eigenvalue weighted by Gasteiger charge is -2.24. The summed E-state index contributed by atoms with van der Waals surface area (Å²) in [5, 5.41) is 14.4. The number of urea groups is 1. The first-order valence-corrected chi connectivity index (χ1v) is 7.32. The first kappa shape index (κ1) is 18.7. The second-order valence-corrected chi connectivity index (χ2v) is 5.53. The van der Waals surface area contributed by atoms with Crippen LogP contribution < -0.4 is 10.6 Å². The highest BCUT2D eigenvalue weighted by atomic mass is 16.4. The van der Waals surface area contributed by atoms with E-state index in [0.717, 1.165) is 19.6 Å². The molecule has 0 aliphatic rings. The summed E-state index contributed by atoms with van der Waals surface area (Å²) in [5.74, 6) is -0.783. The van der Waals surface area contributed by atoms with E-state index in [0.29, 0.717) is 6.42 Å². The minimum Gasteiger partial charge on any atom is -0.480 e. The number of nitrogens with one attached hydrogen (secondary N) is 2. The predicted molar refractivity (Wildman–Crippen MR) is 79.8 cm³/mol. The Bertz CT molecular complexity index is 304. The fourth-order valence-electron chi connectivity index (χ4n) is 2.03. The van der Waals surface area contributed by atoms with Crippen LogP contribution in [0.15, 0.2) is 0 Å². The van der Waals surface area contributed by atoms with Gasteiger partial charge in [0.2, 0.25) is 0 Å². The zero-order valence-corrected chi connectivity index (χ0v) is 13.3. The number of carbonyl (C=O) groups excluding carboxylic acids is 1. The van der Waals surface area contributed by atoms with Gasteiger partial charge in [0.1, 0.15) is 6.04 Å². The number of carbonyl (C=O) groups is 2. The van der Waals surface area contributed by atoms with Gasteiger partial charge in [-0.15, -0.1) is 0 Å². The highest BCUT2D eigenvalue weighted by Crippen LogP contribution is 2.04. The number of nitrogens with zero attached hydrogens (tertiary/aromatic N) is 1.